The Balaban J connectivity index is 1.46. The second-order valence-electron chi connectivity index (χ2n) is 6.43. The highest BCUT2D eigenvalue weighted by Crippen LogP contribution is 2.40. The number of rotatable bonds is 5. The van der Waals surface area contributed by atoms with Crippen molar-refractivity contribution < 1.29 is 4.79 Å². The number of amides is 1. The smallest absolute Gasteiger partial charge is 0.237 e. The minimum atomic E-state index is 0.158. The van der Waals surface area contributed by atoms with E-state index in [2.05, 4.69) is 33.8 Å². The van der Waals surface area contributed by atoms with Gasteiger partial charge >= 0.3 is 0 Å². The number of hydrogen-bond acceptors (Lipinski definition) is 4. The second kappa shape index (κ2) is 6.59. The highest BCUT2D eigenvalue weighted by atomic mass is 32.2. The van der Waals surface area contributed by atoms with Crippen molar-refractivity contribution in [1.82, 2.24) is 14.8 Å². The van der Waals surface area contributed by atoms with E-state index in [1.165, 1.54) is 30.2 Å². The fraction of sp³-hybridized carbons (Fsp3) is 0.500. The maximum atomic E-state index is 12.7. The van der Waals surface area contributed by atoms with Gasteiger partial charge in [-0.15, -0.1) is 10.2 Å². The van der Waals surface area contributed by atoms with Crippen molar-refractivity contribution in [2.75, 3.05) is 17.2 Å². The molecular formula is C18H22N4OS. The summed E-state index contributed by atoms with van der Waals surface area (Å²) in [7, 11) is 0. The van der Waals surface area contributed by atoms with Crippen LogP contribution in [0.1, 0.15) is 43.5 Å². The zero-order valence-corrected chi connectivity index (χ0v) is 14.8. The summed E-state index contributed by atoms with van der Waals surface area (Å²) in [5.74, 6) is 2.25. The molecule has 0 saturated heterocycles. The van der Waals surface area contributed by atoms with E-state index < -0.39 is 0 Å². The van der Waals surface area contributed by atoms with E-state index in [4.69, 9.17) is 0 Å². The van der Waals surface area contributed by atoms with Crippen molar-refractivity contribution in [3.05, 3.63) is 35.7 Å². The minimum absolute atomic E-state index is 0.158. The standard InChI is InChI=1S/C18H22N4OS/c1-2-21-17(14-9-10-14)19-20-18(21)24-12-16(23)22-11-5-7-13-6-3-4-8-15(13)22/h3-4,6,8,14H,2,5,7,9-12H2,1H3. The van der Waals surface area contributed by atoms with Crippen molar-refractivity contribution in [2.45, 2.75) is 50.2 Å². The molecule has 5 nitrogen and oxygen atoms in total. The molecule has 1 aromatic heterocycles. The molecular weight excluding hydrogens is 320 g/mol. The molecule has 0 atom stereocenters. The van der Waals surface area contributed by atoms with Crippen LogP contribution in [0.3, 0.4) is 0 Å². The summed E-state index contributed by atoms with van der Waals surface area (Å²) < 4.78 is 2.17. The molecule has 24 heavy (non-hydrogen) atoms. The van der Waals surface area contributed by atoms with Crippen molar-refractivity contribution in [1.29, 1.82) is 0 Å². The average molecular weight is 342 g/mol. The molecule has 4 rings (SSSR count). The summed E-state index contributed by atoms with van der Waals surface area (Å²) in [6, 6.07) is 8.23. The summed E-state index contributed by atoms with van der Waals surface area (Å²) in [4.78, 5) is 14.7. The molecule has 0 unspecified atom stereocenters. The zero-order valence-electron chi connectivity index (χ0n) is 13.9. The number of nitrogens with zero attached hydrogens (tertiary/aromatic N) is 4. The van der Waals surface area contributed by atoms with E-state index in [-0.39, 0.29) is 5.91 Å². The number of thioether (sulfide) groups is 1. The van der Waals surface area contributed by atoms with Crippen LogP contribution in [0, 0.1) is 0 Å². The molecule has 1 aromatic carbocycles. The van der Waals surface area contributed by atoms with Crippen LogP contribution in [-0.4, -0.2) is 33.0 Å². The number of aromatic nitrogens is 3. The first kappa shape index (κ1) is 15.7. The predicted octanol–water partition coefficient (Wildman–Crippen LogP) is 3.25. The van der Waals surface area contributed by atoms with Gasteiger partial charge in [-0.2, -0.15) is 0 Å². The third-order valence-corrected chi connectivity index (χ3v) is 5.69. The van der Waals surface area contributed by atoms with Gasteiger partial charge in [0.25, 0.3) is 0 Å². The summed E-state index contributed by atoms with van der Waals surface area (Å²) in [6.45, 7) is 3.79. The third kappa shape index (κ3) is 2.95. The van der Waals surface area contributed by atoms with E-state index in [0.29, 0.717) is 11.7 Å². The van der Waals surface area contributed by atoms with Gasteiger partial charge in [0.1, 0.15) is 5.82 Å². The third-order valence-electron chi connectivity index (χ3n) is 4.74. The molecule has 2 aliphatic rings. The van der Waals surface area contributed by atoms with Crippen LogP contribution in [0.2, 0.25) is 0 Å². The van der Waals surface area contributed by atoms with Gasteiger partial charge < -0.3 is 9.47 Å². The summed E-state index contributed by atoms with van der Waals surface area (Å²) >= 11 is 1.51. The number of para-hydroxylation sites is 1. The van der Waals surface area contributed by atoms with Gasteiger partial charge in [0.2, 0.25) is 5.91 Å². The number of fused-ring (bicyclic) bond motifs is 1. The van der Waals surface area contributed by atoms with Gasteiger partial charge in [0.15, 0.2) is 5.16 Å². The topological polar surface area (TPSA) is 51.0 Å². The molecule has 1 aliphatic carbocycles. The number of carbonyl (C=O) groups is 1. The zero-order chi connectivity index (χ0) is 16.5. The number of hydrogen-bond donors (Lipinski definition) is 0. The Labute approximate surface area is 146 Å². The molecule has 0 N–H and O–H groups in total. The lowest BCUT2D eigenvalue weighted by atomic mass is 10.0. The van der Waals surface area contributed by atoms with Crippen molar-refractivity contribution in [3.8, 4) is 0 Å². The molecule has 126 valence electrons. The summed E-state index contributed by atoms with van der Waals surface area (Å²) in [5, 5.41) is 9.53. The lowest BCUT2D eigenvalue weighted by Crippen LogP contribution is -2.36. The van der Waals surface area contributed by atoms with Gasteiger partial charge in [0, 0.05) is 24.7 Å². The van der Waals surface area contributed by atoms with Crippen LogP contribution in [0.25, 0.3) is 0 Å². The lowest BCUT2D eigenvalue weighted by molar-refractivity contribution is -0.116. The molecule has 0 spiro atoms. The maximum Gasteiger partial charge on any atom is 0.237 e. The molecule has 1 aliphatic heterocycles. The van der Waals surface area contributed by atoms with E-state index in [1.54, 1.807) is 0 Å². The minimum Gasteiger partial charge on any atom is -0.311 e. The van der Waals surface area contributed by atoms with Crippen LogP contribution in [0.5, 0.6) is 0 Å². The fourth-order valence-corrected chi connectivity index (χ4v) is 4.23. The Morgan fingerprint density at radius 2 is 2.12 bits per heavy atom. The molecule has 2 heterocycles. The Bertz CT molecular complexity index is 753. The van der Waals surface area contributed by atoms with E-state index in [9.17, 15) is 4.79 Å². The Morgan fingerprint density at radius 1 is 1.29 bits per heavy atom. The fourth-order valence-electron chi connectivity index (χ4n) is 3.34. The number of carbonyl (C=O) groups excluding carboxylic acids is 1. The van der Waals surface area contributed by atoms with E-state index in [0.717, 1.165) is 42.6 Å². The van der Waals surface area contributed by atoms with Gasteiger partial charge in [-0.3, -0.25) is 4.79 Å². The second-order valence-corrected chi connectivity index (χ2v) is 7.37. The quantitative estimate of drug-likeness (QED) is 0.783. The van der Waals surface area contributed by atoms with Crippen molar-refractivity contribution in [2.24, 2.45) is 0 Å². The Kier molecular flexibility index (Phi) is 4.31. The van der Waals surface area contributed by atoms with Crippen LogP contribution >= 0.6 is 11.8 Å². The van der Waals surface area contributed by atoms with Gasteiger partial charge in [-0.25, -0.2) is 0 Å². The van der Waals surface area contributed by atoms with Crippen molar-refractivity contribution >= 4 is 23.4 Å². The van der Waals surface area contributed by atoms with Crippen molar-refractivity contribution in [3.63, 3.8) is 0 Å². The average Bonchev–Trinajstić information content (AvgIpc) is 3.39. The molecule has 1 saturated carbocycles. The SMILES string of the molecule is CCn1c(SCC(=O)N2CCCc3ccccc32)nnc1C1CC1. The first-order chi connectivity index (χ1) is 11.8. The first-order valence-corrected chi connectivity index (χ1v) is 9.70. The van der Waals surface area contributed by atoms with Crippen LogP contribution < -0.4 is 4.90 Å². The molecule has 0 bridgehead atoms. The first-order valence-electron chi connectivity index (χ1n) is 8.72. The maximum absolute atomic E-state index is 12.7. The molecule has 0 radical (unpaired) electrons. The largest absolute Gasteiger partial charge is 0.311 e. The van der Waals surface area contributed by atoms with Gasteiger partial charge in [-0.1, -0.05) is 30.0 Å². The summed E-state index contributed by atoms with van der Waals surface area (Å²) in [5.41, 5.74) is 2.35. The van der Waals surface area contributed by atoms with E-state index in [1.807, 2.05) is 17.0 Å². The lowest BCUT2D eigenvalue weighted by Gasteiger charge is -2.29. The normalized spacial score (nSPS) is 17.0. The molecule has 1 amide bonds. The monoisotopic (exact) mass is 342 g/mol. The number of benzene rings is 1. The predicted molar refractivity (Wildman–Crippen MR) is 95.5 cm³/mol. The van der Waals surface area contributed by atoms with Crippen LogP contribution in [0.15, 0.2) is 29.4 Å². The van der Waals surface area contributed by atoms with Gasteiger partial charge in [0.05, 0.1) is 5.75 Å². The molecule has 1 fully saturated rings. The highest BCUT2D eigenvalue weighted by Gasteiger charge is 2.30. The Morgan fingerprint density at radius 3 is 2.92 bits per heavy atom. The summed E-state index contributed by atoms with van der Waals surface area (Å²) in [6.07, 6.45) is 4.52. The highest BCUT2D eigenvalue weighted by molar-refractivity contribution is 7.99. The van der Waals surface area contributed by atoms with Crippen LogP contribution in [-0.2, 0) is 17.8 Å². The molecule has 6 heteroatoms. The molecule has 2 aromatic rings. The van der Waals surface area contributed by atoms with E-state index >= 15 is 0 Å². The number of anilines is 1. The Hall–Kier alpha value is -1.82. The van der Waals surface area contributed by atoms with Crippen LogP contribution in [0.4, 0.5) is 5.69 Å². The van der Waals surface area contributed by atoms with Gasteiger partial charge in [-0.05, 0) is 44.2 Å². The number of aryl methyl sites for hydroxylation is 1.